The molecule has 1 rings (SSSR count). The second kappa shape index (κ2) is 10.3. The van der Waals surface area contributed by atoms with Crippen molar-refractivity contribution in [3.05, 3.63) is 24.8 Å². The summed E-state index contributed by atoms with van der Waals surface area (Å²) in [5.74, 6) is -2.66. The smallest absolute Gasteiger partial charge is 0.434 e. The molecule has 0 radical (unpaired) electrons. The minimum atomic E-state index is -5.74. The summed E-state index contributed by atoms with van der Waals surface area (Å²) >= 11 is 0. The predicted molar refractivity (Wildman–Crippen MR) is 85.0 cm³/mol. The Morgan fingerprint density at radius 3 is 2.11 bits per heavy atom. The number of aliphatic hydroxyl groups is 1. The molecule has 0 spiro atoms. The summed E-state index contributed by atoms with van der Waals surface area (Å²) in [6.07, 6.45) is -15.8. The highest BCUT2D eigenvalue weighted by atomic mass is 19.4. The molecule has 1 atom stereocenters. The van der Waals surface area contributed by atoms with Gasteiger partial charge in [0.2, 0.25) is 0 Å². The first-order valence-corrected chi connectivity index (χ1v) is 8.40. The van der Waals surface area contributed by atoms with Crippen molar-refractivity contribution in [3.8, 4) is 0 Å². The second-order valence-electron chi connectivity index (χ2n) is 6.32. The van der Waals surface area contributed by atoms with Gasteiger partial charge in [-0.2, -0.15) is 26.3 Å². The minimum Gasteiger partial charge on any atom is -0.443 e. The molecule has 0 aromatic rings. The summed E-state index contributed by atoms with van der Waals surface area (Å²) in [5, 5.41) is 9.87. The van der Waals surface area contributed by atoms with Gasteiger partial charge in [0.05, 0.1) is 25.2 Å². The van der Waals surface area contributed by atoms with E-state index in [1.807, 2.05) is 0 Å². The standard InChI is InChI=1S/C17H22F6O5/c1-3-8-26-9-10(2)13(24)27-12-6-4-11(5-7-12)14(25)28-15(16(18,19)20)17(21,22)23/h3,11-13,15,24H,1-2,4-9H2. The van der Waals surface area contributed by atoms with Crippen LogP contribution < -0.4 is 0 Å². The molecule has 5 nitrogen and oxygen atoms in total. The topological polar surface area (TPSA) is 65.0 Å². The number of esters is 1. The molecule has 162 valence electrons. The summed E-state index contributed by atoms with van der Waals surface area (Å²) in [6.45, 7) is 7.31. The lowest BCUT2D eigenvalue weighted by Crippen LogP contribution is -2.46. The number of halogens is 6. The van der Waals surface area contributed by atoms with E-state index in [-0.39, 0.29) is 44.5 Å². The van der Waals surface area contributed by atoms with Crippen molar-refractivity contribution in [1.29, 1.82) is 0 Å². The van der Waals surface area contributed by atoms with E-state index in [0.717, 1.165) is 0 Å². The molecular weight excluding hydrogens is 398 g/mol. The van der Waals surface area contributed by atoms with Crippen LogP contribution in [-0.4, -0.2) is 55.1 Å². The van der Waals surface area contributed by atoms with Crippen LogP contribution in [0.25, 0.3) is 0 Å². The van der Waals surface area contributed by atoms with Gasteiger partial charge < -0.3 is 19.3 Å². The molecule has 1 unspecified atom stereocenters. The fourth-order valence-corrected chi connectivity index (χ4v) is 2.59. The molecule has 0 saturated heterocycles. The van der Waals surface area contributed by atoms with Gasteiger partial charge in [-0.15, -0.1) is 6.58 Å². The molecule has 0 heterocycles. The van der Waals surface area contributed by atoms with Gasteiger partial charge in [0.1, 0.15) is 0 Å². The van der Waals surface area contributed by atoms with Crippen LogP contribution in [0, 0.1) is 5.92 Å². The molecule has 1 aliphatic carbocycles. The number of alkyl halides is 6. The summed E-state index contributed by atoms with van der Waals surface area (Å²) in [7, 11) is 0. The average molecular weight is 420 g/mol. The van der Waals surface area contributed by atoms with Crippen LogP contribution in [0.5, 0.6) is 0 Å². The van der Waals surface area contributed by atoms with Gasteiger partial charge in [-0.1, -0.05) is 12.7 Å². The third kappa shape index (κ3) is 7.80. The Balaban J connectivity index is 2.49. The van der Waals surface area contributed by atoms with E-state index in [1.165, 1.54) is 6.08 Å². The van der Waals surface area contributed by atoms with Crippen LogP contribution in [0.2, 0.25) is 0 Å². The molecule has 0 aliphatic heterocycles. The molecule has 1 fully saturated rings. The van der Waals surface area contributed by atoms with Gasteiger partial charge in [0, 0.05) is 5.57 Å². The lowest BCUT2D eigenvalue weighted by atomic mass is 9.87. The van der Waals surface area contributed by atoms with Crippen LogP contribution in [-0.2, 0) is 19.0 Å². The number of hydrogen-bond donors (Lipinski definition) is 1. The maximum atomic E-state index is 12.5. The molecule has 1 aliphatic rings. The summed E-state index contributed by atoms with van der Waals surface area (Å²) in [6, 6.07) is 0. The lowest BCUT2D eigenvalue weighted by Gasteiger charge is -2.31. The first kappa shape index (κ1) is 24.4. The molecule has 1 N–H and O–H groups in total. The summed E-state index contributed by atoms with van der Waals surface area (Å²) in [5.41, 5.74) is 0.238. The van der Waals surface area contributed by atoms with E-state index >= 15 is 0 Å². The molecule has 0 amide bonds. The molecule has 0 aromatic heterocycles. The van der Waals surface area contributed by atoms with Gasteiger partial charge in [0.15, 0.2) is 6.29 Å². The molecular formula is C17H22F6O5. The fourth-order valence-electron chi connectivity index (χ4n) is 2.59. The lowest BCUT2D eigenvalue weighted by molar-refractivity contribution is -0.314. The number of rotatable bonds is 9. The summed E-state index contributed by atoms with van der Waals surface area (Å²) in [4.78, 5) is 11.7. The van der Waals surface area contributed by atoms with Crippen LogP contribution in [0.3, 0.4) is 0 Å². The van der Waals surface area contributed by atoms with Gasteiger partial charge in [-0.25, -0.2) is 0 Å². The van der Waals surface area contributed by atoms with E-state index in [9.17, 15) is 36.2 Å². The predicted octanol–water partition coefficient (Wildman–Crippen LogP) is 3.68. The van der Waals surface area contributed by atoms with Gasteiger partial charge in [0.25, 0.3) is 6.10 Å². The monoisotopic (exact) mass is 420 g/mol. The highest BCUT2D eigenvalue weighted by Crippen LogP contribution is 2.37. The molecule has 0 bridgehead atoms. The zero-order valence-corrected chi connectivity index (χ0v) is 14.9. The van der Waals surface area contributed by atoms with E-state index in [2.05, 4.69) is 17.9 Å². The average Bonchev–Trinajstić information content (AvgIpc) is 2.58. The minimum absolute atomic E-state index is 0.0190. The van der Waals surface area contributed by atoms with Crippen LogP contribution >= 0.6 is 0 Å². The highest BCUT2D eigenvalue weighted by molar-refractivity contribution is 5.72. The zero-order chi connectivity index (χ0) is 21.5. The third-order valence-corrected chi connectivity index (χ3v) is 4.03. The van der Waals surface area contributed by atoms with Crippen molar-refractivity contribution in [2.45, 2.75) is 56.5 Å². The van der Waals surface area contributed by atoms with E-state index in [4.69, 9.17) is 9.47 Å². The van der Waals surface area contributed by atoms with Gasteiger partial charge >= 0.3 is 18.3 Å². The summed E-state index contributed by atoms with van der Waals surface area (Å²) < 4.78 is 88.9. The Morgan fingerprint density at radius 1 is 1.11 bits per heavy atom. The molecule has 1 saturated carbocycles. The van der Waals surface area contributed by atoms with Crippen molar-refractivity contribution in [1.82, 2.24) is 0 Å². The van der Waals surface area contributed by atoms with E-state index < -0.39 is 42.7 Å². The van der Waals surface area contributed by atoms with Crippen LogP contribution in [0.4, 0.5) is 26.3 Å². The molecule has 11 heteroatoms. The Morgan fingerprint density at radius 2 is 1.64 bits per heavy atom. The first-order chi connectivity index (χ1) is 12.9. The Kier molecular flexibility index (Phi) is 8.96. The fraction of sp³-hybridized carbons (Fsp3) is 0.706. The number of carbonyl (C=O) groups is 1. The van der Waals surface area contributed by atoms with Crippen LogP contribution in [0.1, 0.15) is 25.7 Å². The number of carbonyl (C=O) groups excluding carboxylic acids is 1. The maximum Gasteiger partial charge on any atom is 0.434 e. The maximum absolute atomic E-state index is 12.5. The van der Waals surface area contributed by atoms with Crippen LogP contribution in [0.15, 0.2) is 24.8 Å². The second-order valence-corrected chi connectivity index (χ2v) is 6.32. The van der Waals surface area contributed by atoms with Crippen molar-refractivity contribution in [2.24, 2.45) is 5.92 Å². The zero-order valence-electron chi connectivity index (χ0n) is 14.9. The normalized spacial score (nSPS) is 22.0. The highest BCUT2D eigenvalue weighted by Gasteiger charge is 2.60. The first-order valence-electron chi connectivity index (χ1n) is 8.40. The van der Waals surface area contributed by atoms with E-state index in [0.29, 0.717) is 0 Å². The number of ether oxygens (including phenoxy) is 3. The van der Waals surface area contributed by atoms with Crippen molar-refractivity contribution in [2.75, 3.05) is 13.2 Å². The largest absolute Gasteiger partial charge is 0.443 e. The SMILES string of the molecule is C=CCOCC(=C)C(O)OC1CCC(C(=O)OC(C(F)(F)F)C(F)(F)F)CC1. The Labute approximate surface area is 157 Å². The van der Waals surface area contributed by atoms with Crippen molar-refractivity contribution < 1.29 is 50.5 Å². The Bertz CT molecular complexity index is 523. The van der Waals surface area contributed by atoms with Gasteiger partial charge in [-0.05, 0) is 25.7 Å². The van der Waals surface area contributed by atoms with Crippen molar-refractivity contribution in [3.63, 3.8) is 0 Å². The number of hydrogen-bond acceptors (Lipinski definition) is 5. The number of aliphatic hydroxyl groups excluding tert-OH is 1. The molecule has 28 heavy (non-hydrogen) atoms. The molecule has 0 aromatic carbocycles. The van der Waals surface area contributed by atoms with Crippen molar-refractivity contribution >= 4 is 5.97 Å². The Hall–Kier alpha value is -1.59. The third-order valence-electron chi connectivity index (χ3n) is 4.03. The van der Waals surface area contributed by atoms with Gasteiger partial charge in [-0.3, -0.25) is 4.79 Å². The van der Waals surface area contributed by atoms with E-state index in [1.54, 1.807) is 0 Å². The quantitative estimate of drug-likeness (QED) is 0.203.